The van der Waals surface area contributed by atoms with Crippen molar-refractivity contribution in [1.29, 1.82) is 0 Å². The van der Waals surface area contributed by atoms with Crippen molar-refractivity contribution in [2.45, 2.75) is 44.1 Å². The maximum absolute atomic E-state index is 12.9. The Labute approximate surface area is 203 Å². The van der Waals surface area contributed by atoms with Gasteiger partial charge >= 0.3 is 0 Å². The van der Waals surface area contributed by atoms with Crippen molar-refractivity contribution in [3.8, 4) is 5.75 Å². The van der Waals surface area contributed by atoms with Crippen LogP contribution in [-0.4, -0.2) is 31.7 Å². The van der Waals surface area contributed by atoms with Crippen molar-refractivity contribution in [1.82, 2.24) is 9.71 Å². The Morgan fingerprint density at radius 3 is 2.65 bits per heavy atom. The number of sulfonamides is 1. The van der Waals surface area contributed by atoms with Crippen LogP contribution in [0.15, 0.2) is 63.8 Å². The molecule has 3 aromatic rings. The zero-order valence-electron chi connectivity index (χ0n) is 18.8. The van der Waals surface area contributed by atoms with Gasteiger partial charge in [0.15, 0.2) is 0 Å². The Kier molecular flexibility index (Phi) is 7.59. The third kappa shape index (κ3) is 6.21. The molecule has 0 fully saturated rings. The van der Waals surface area contributed by atoms with Crippen LogP contribution in [0, 0.1) is 6.92 Å². The molecule has 4 rings (SSSR count). The molecule has 1 aliphatic heterocycles. The number of benzene rings is 2. The number of aryl methyl sites for hydroxylation is 1. The molecule has 0 radical (unpaired) electrons. The normalized spacial score (nSPS) is 14.1. The van der Waals surface area contributed by atoms with Crippen molar-refractivity contribution >= 4 is 38.8 Å². The monoisotopic (exact) mass is 498 g/mol. The average molecular weight is 499 g/mol. The number of hydrogen-bond donors (Lipinski definition) is 2. The van der Waals surface area contributed by atoms with E-state index in [0.29, 0.717) is 35.8 Å². The quantitative estimate of drug-likeness (QED) is 0.497. The van der Waals surface area contributed by atoms with E-state index in [9.17, 15) is 13.2 Å². The number of hydrogen-bond acceptors (Lipinski definition) is 7. The first-order chi connectivity index (χ1) is 16.4. The van der Waals surface area contributed by atoms with Gasteiger partial charge in [0, 0.05) is 24.0 Å². The van der Waals surface area contributed by atoms with Gasteiger partial charge in [0.25, 0.3) is 15.9 Å². The number of para-hydroxylation sites is 1. The molecule has 0 bridgehead atoms. The molecule has 0 saturated carbocycles. The van der Waals surface area contributed by atoms with E-state index in [1.165, 1.54) is 12.1 Å². The summed E-state index contributed by atoms with van der Waals surface area (Å²) in [4.78, 5) is 21.7. The van der Waals surface area contributed by atoms with E-state index in [1.54, 1.807) is 47.7 Å². The van der Waals surface area contributed by atoms with Gasteiger partial charge in [-0.05, 0) is 56.2 Å². The Balaban J connectivity index is 1.41. The van der Waals surface area contributed by atoms with Gasteiger partial charge in [-0.25, -0.2) is 13.4 Å². The molecule has 1 amide bonds. The van der Waals surface area contributed by atoms with E-state index >= 15 is 0 Å². The summed E-state index contributed by atoms with van der Waals surface area (Å²) in [5.74, 6) is 0.587. The van der Waals surface area contributed by atoms with Crippen molar-refractivity contribution in [3.63, 3.8) is 0 Å². The molecule has 2 aromatic carbocycles. The molecule has 1 aliphatic rings. The number of amides is 1. The van der Waals surface area contributed by atoms with Crippen LogP contribution in [0.3, 0.4) is 0 Å². The van der Waals surface area contributed by atoms with Gasteiger partial charge in [0.1, 0.15) is 18.2 Å². The molecule has 1 aromatic heterocycles. The van der Waals surface area contributed by atoms with Crippen molar-refractivity contribution in [2.24, 2.45) is 4.99 Å². The minimum absolute atomic E-state index is 0.111. The summed E-state index contributed by atoms with van der Waals surface area (Å²) in [6, 6.07) is 13.0. The van der Waals surface area contributed by atoms with E-state index < -0.39 is 10.0 Å². The van der Waals surface area contributed by atoms with Crippen LogP contribution in [0.1, 0.15) is 46.7 Å². The molecule has 0 atom stereocenters. The van der Waals surface area contributed by atoms with E-state index in [4.69, 9.17) is 4.74 Å². The van der Waals surface area contributed by atoms with E-state index in [-0.39, 0.29) is 17.4 Å². The molecule has 178 valence electrons. The summed E-state index contributed by atoms with van der Waals surface area (Å²) in [6.07, 6.45) is 3.55. The molecule has 2 heterocycles. The predicted octanol–water partition coefficient (Wildman–Crippen LogP) is 4.53. The predicted molar refractivity (Wildman–Crippen MR) is 133 cm³/mol. The Hall–Kier alpha value is -3.24. The largest absolute Gasteiger partial charge is 0.486 e. The number of thiazole rings is 1. The lowest BCUT2D eigenvalue weighted by molar-refractivity contribution is 0.102. The topological polar surface area (TPSA) is 110 Å². The van der Waals surface area contributed by atoms with Crippen LogP contribution >= 0.6 is 11.3 Å². The lowest BCUT2D eigenvalue weighted by Gasteiger charge is -2.12. The summed E-state index contributed by atoms with van der Waals surface area (Å²) in [6.45, 7) is 2.82. The highest BCUT2D eigenvalue weighted by Gasteiger charge is 2.18. The van der Waals surface area contributed by atoms with Crippen LogP contribution in [0.25, 0.3) is 0 Å². The Morgan fingerprint density at radius 1 is 1.09 bits per heavy atom. The summed E-state index contributed by atoms with van der Waals surface area (Å²) in [5.41, 5.74) is 1.65. The standard InChI is InChI=1S/C24H26N4O4S2/c1-17-26-19(16-33-17)15-32-22-8-5-4-7-21(22)24(29)27-18-10-12-20(13-11-18)34(30,31)28-23-9-3-2-6-14-25-23/h4-5,7-8,10-13,16H,2-3,6,9,14-15H2,1H3,(H,25,28)(H,27,29). The third-order valence-electron chi connectivity index (χ3n) is 5.22. The maximum atomic E-state index is 12.9. The molecular formula is C24H26N4O4S2. The second-order valence-corrected chi connectivity index (χ2v) is 10.6. The SMILES string of the molecule is Cc1nc(COc2ccccc2C(=O)Nc2ccc(S(=O)(=O)NC3=NCCCCC3)cc2)cs1. The van der Waals surface area contributed by atoms with Crippen LogP contribution in [0.2, 0.25) is 0 Å². The maximum Gasteiger partial charge on any atom is 0.262 e. The van der Waals surface area contributed by atoms with E-state index in [2.05, 4.69) is 20.0 Å². The van der Waals surface area contributed by atoms with Crippen LogP contribution < -0.4 is 14.8 Å². The number of nitrogens with one attached hydrogen (secondary N) is 2. The Bertz CT molecular complexity index is 1280. The number of rotatable bonds is 7. The molecule has 10 heteroatoms. The van der Waals surface area contributed by atoms with Gasteiger partial charge < -0.3 is 10.1 Å². The van der Waals surface area contributed by atoms with Crippen molar-refractivity contribution in [2.75, 3.05) is 11.9 Å². The first-order valence-corrected chi connectivity index (χ1v) is 13.4. The fourth-order valence-corrected chi connectivity index (χ4v) is 5.18. The fourth-order valence-electron chi connectivity index (χ4n) is 3.49. The van der Waals surface area contributed by atoms with Gasteiger partial charge in [0.05, 0.1) is 21.2 Å². The number of carbonyl (C=O) groups is 1. The number of anilines is 1. The number of ether oxygens (including phenoxy) is 1. The smallest absolute Gasteiger partial charge is 0.262 e. The number of amidine groups is 1. The lowest BCUT2D eigenvalue weighted by Crippen LogP contribution is -2.30. The van der Waals surface area contributed by atoms with Gasteiger partial charge in [0.2, 0.25) is 0 Å². The highest BCUT2D eigenvalue weighted by molar-refractivity contribution is 7.90. The number of aromatic nitrogens is 1. The third-order valence-corrected chi connectivity index (χ3v) is 7.44. The molecule has 0 saturated heterocycles. The summed E-state index contributed by atoms with van der Waals surface area (Å²) in [5, 5.41) is 5.67. The molecule has 0 unspecified atom stereocenters. The first-order valence-electron chi connectivity index (χ1n) is 11.0. The average Bonchev–Trinajstić information content (AvgIpc) is 3.08. The minimum atomic E-state index is -3.73. The number of carbonyl (C=O) groups excluding carboxylic acids is 1. The van der Waals surface area contributed by atoms with Crippen LogP contribution in [-0.2, 0) is 16.6 Å². The first kappa shape index (κ1) is 23.9. The van der Waals surface area contributed by atoms with Crippen molar-refractivity contribution in [3.05, 3.63) is 70.2 Å². The van der Waals surface area contributed by atoms with Gasteiger partial charge in [-0.15, -0.1) is 11.3 Å². The Morgan fingerprint density at radius 2 is 1.88 bits per heavy atom. The molecule has 2 N–H and O–H groups in total. The number of aliphatic imine (C=N–C) groups is 1. The molecule has 8 nitrogen and oxygen atoms in total. The van der Waals surface area contributed by atoms with E-state index in [0.717, 1.165) is 30.0 Å². The van der Waals surface area contributed by atoms with Gasteiger partial charge in [-0.3, -0.25) is 14.5 Å². The summed E-state index contributed by atoms with van der Waals surface area (Å²) < 4.78 is 33.8. The molecular weight excluding hydrogens is 472 g/mol. The van der Waals surface area contributed by atoms with Gasteiger partial charge in [-0.2, -0.15) is 0 Å². The van der Waals surface area contributed by atoms with E-state index in [1.807, 2.05) is 12.3 Å². The molecule has 0 spiro atoms. The highest BCUT2D eigenvalue weighted by atomic mass is 32.2. The van der Waals surface area contributed by atoms with Crippen LogP contribution in [0.4, 0.5) is 5.69 Å². The molecule has 0 aliphatic carbocycles. The van der Waals surface area contributed by atoms with Crippen molar-refractivity contribution < 1.29 is 17.9 Å². The second kappa shape index (κ2) is 10.8. The fraction of sp³-hybridized carbons (Fsp3) is 0.292. The van der Waals surface area contributed by atoms with Gasteiger partial charge in [-0.1, -0.05) is 18.6 Å². The summed E-state index contributed by atoms with van der Waals surface area (Å²) >= 11 is 1.54. The second-order valence-electron chi connectivity index (χ2n) is 7.87. The number of nitrogens with zero attached hydrogens (tertiary/aromatic N) is 2. The minimum Gasteiger partial charge on any atom is -0.486 e. The zero-order valence-corrected chi connectivity index (χ0v) is 20.4. The molecule has 34 heavy (non-hydrogen) atoms. The highest BCUT2D eigenvalue weighted by Crippen LogP contribution is 2.22. The zero-order chi connectivity index (χ0) is 24.0. The van der Waals surface area contributed by atoms with Crippen LogP contribution in [0.5, 0.6) is 5.75 Å². The lowest BCUT2D eigenvalue weighted by atomic mass is 10.2. The summed E-state index contributed by atoms with van der Waals surface area (Å²) in [7, 11) is -3.73.